The summed E-state index contributed by atoms with van der Waals surface area (Å²) >= 11 is 6.42. The number of amides is 2. The number of furan rings is 1. The van der Waals surface area contributed by atoms with Crippen LogP contribution in [-0.2, 0) is 9.59 Å². The number of carboxylic acids is 1. The molecule has 0 spiro atoms. The first-order valence-corrected chi connectivity index (χ1v) is 8.97. The van der Waals surface area contributed by atoms with Gasteiger partial charge in [0.1, 0.15) is 5.70 Å². The monoisotopic (exact) mass is 484 g/mol. The van der Waals surface area contributed by atoms with E-state index in [1.54, 1.807) is 30.3 Å². The minimum Gasteiger partial charge on any atom is -0.481 e. The molecular formula is C17H14Br2N2O5. The number of carboxylic acid groups (broad SMARTS) is 1. The van der Waals surface area contributed by atoms with E-state index in [9.17, 15) is 14.4 Å². The van der Waals surface area contributed by atoms with Gasteiger partial charge in [0.2, 0.25) is 0 Å². The zero-order chi connectivity index (χ0) is 19.1. The SMILES string of the molecule is O=C(O)CCNC(=O)C(=Cc1ccc(Br)cc1)NC(=O)c1ccc(Br)o1. The predicted octanol–water partition coefficient (Wildman–Crippen LogP) is 3.17. The first-order valence-electron chi connectivity index (χ1n) is 7.39. The first kappa shape index (κ1) is 19.9. The molecule has 0 aliphatic rings. The summed E-state index contributed by atoms with van der Waals surface area (Å²) in [6.07, 6.45) is 1.26. The van der Waals surface area contributed by atoms with Gasteiger partial charge in [-0.25, -0.2) is 0 Å². The van der Waals surface area contributed by atoms with E-state index in [1.807, 2.05) is 0 Å². The zero-order valence-electron chi connectivity index (χ0n) is 13.3. The van der Waals surface area contributed by atoms with Gasteiger partial charge in [-0.05, 0) is 51.8 Å². The van der Waals surface area contributed by atoms with Crippen LogP contribution in [0, 0.1) is 0 Å². The molecule has 0 saturated carbocycles. The number of benzene rings is 1. The summed E-state index contributed by atoms with van der Waals surface area (Å²) < 4.78 is 6.41. The maximum absolute atomic E-state index is 12.3. The molecule has 0 radical (unpaired) electrons. The number of hydrogen-bond donors (Lipinski definition) is 3. The Morgan fingerprint density at radius 1 is 1.08 bits per heavy atom. The molecule has 2 amide bonds. The van der Waals surface area contributed by atoms with Crippen LogP contribution in [0.1, 0.15) is 22.5 Å². The minimum absolute atomic E-state index is 0.0249. The van der Waals surface area contributed by atoms with Gasteiger partial charge in [-0.1, -0.05) is 28.1 Å². The van der Waals surface area contributed by atoms with Crippen molar-refractivity contribution in [2.75, 3.05) is 6.54 Å². The van der Waals surface area contributed by atoms with Crippen LogP contribution in [0.3, 0.4) is 0 Å². The third-order valence-electron chi connectivity index (χ3n) is 3.10. The van der Waals surface area contributed by atoms with Gasteiger partial charge >= 0.3 is 5.97 Å². The van der Waals surface area contributed by atoms with Gasteiger partial charge < -0.3 is 20.2 Å². The molecular weight excluding hydrogens is 472 g/mol. The molecule has 0 aliphatic heterocycles. The molecule has 2 aromatic rings. The summed E-state index contributed by atoms with van der Waals surface area (Å²) in [5.74, 6) is -2.22. The van der Waals surface area contributed by atoms with Crippen LogP contribution in [0.5, 0.6) is 0 Å². The van der Waals surface area contributed by atoms with Crippen molar-refractivity contribution in [3.8, 4) is 0 Å². The molecule has 1 aromatic heterocycles. The van der Waals surface area contributed by atoms with Crippen LogP contribution in [0.15, 0.2) is 55.7 Å². The Morgan fingerprint density at radius 3 is 2.35 bits per heavy atom. The highest BCUT2D eigenvalue weighted by atomic mass is 79.9. The van der Waals surface area contributed by atoms with Crippen LogP contribution in [0.4, 0.5) is 0 Å². The van der Waals surface area contributed by atoms with E-state index in [-0.39, 0.29) is 24.4 Å². The Bertz CT molecular complexity index is 843. The highest BCUT2D eigenvalue weighted by molar-refractivity contribution is 9.10. The summed E-state index contributed by atoms with van der Waals surface area (Å²) in [5, 5.41) is 13.6. The van der Waals surface area contributed by atoms with Crippen molar-refractivity contribution < 1.29 is 23.9 Å². The molecule has 2 rings (SSSR count). The Hall–Kier alpha value is -2.39. The number of hydrogen-bond acceptors (Lipinski definition) is 4. The molecule has 0 fully saturated rings. The lowest BCUT2D eigenvalue weighted by Gasteiger charge is -2.10. The van der Waals surface area contributed by atoms with Crippen molar-refractivity contribution in [3.05, 3.63) is 62.6 Å². The maximum atomic E-state index is 12.3. The van der Waals surface area contributed by atoms with Crippen LogP contribution in [0.25, 0.3) is 6.08 Å². The van der Waals surface area contributed by atoms with Gasteiger partial charge in [0.25, 0.3) is 11.8 Å². The molecule has 9 heteroatoms. The van der Waals surface area contributed by atoms with E-state index in [0.29, 0.717) is 10.2 Å². The first-order chi connectivity index (χ1) is 12.3. The summed E-state index contributed by atoms with van der Waals surface area (Å²) in [7, 11) is 0. The van der Waals surface area contributed by atoms with Gasteiger partial charge in [-0.2, -0.15) is 0 Å². The standard InChI is InChI=1S/C17H14Br2N2O5/c18-11-3-1-10(2-4-11)9-12(16(24)20-8-7-15(22)23)21-17(25)13-5-6-14(19)26-13/h1-6,9H,7-8H2,(H,20,24)(H,21,25)(H,22,23). The fraction of sp³-hybridized carbons (Fsp3) is 0.118. The maximum Gasteiger partial charge on any atom is 0.305 e. The van der Waals surface area contributed by atoms with Crippen molar-refractivity contribution in [1.29, 1.82) is 0 Å². The molecule has 0 atom stereocenters. The fourth-order valence-electron chi connectivity index (χ4n) is 1.88. The average molecular weight is 486 g/mol. The van der Waals surface area contributed by atoms with Gasteiger partial charge in [-0.3, -0.25) is 14.4 Å². The number of carbonyl (C=O) groups is 3. The third kappa shape index (κ3) is 6.16. The lowest BCUT2D eigenvalue weighted by Crippen LogP contribution is -2.35. The minimum atomic E-state index is -1.03. The molecule has 0 aliphatic carbocycles. The molecule has 1 heterocycles. The predicted molar refractivity (Wildman–Crippen MR) is 101 cm³/mol. The average Bonchev–Trinajstić information content (AvgIpc) is 3.02. The Kier molecular flexibility index (Phi) is 7.16. The quantitative estimate of drug-likeness (QED) is 0.522. The van der Waals surface area contributed by atoms with Gasteiger partial charge in [-0.15, -0.1) is 0 Å². The summed E-state index contributed by atoms with van der Waals surface area (Å²) in [6.45, 7) is -0.0615. The second-order valence-corrected chi connectivity index (χ2v) is 6.76. The van der Waals surface area contributed by atoms with E-state index in [0.717, 1.165) is 4.47 Å². The van der Waals surface area contributed by atoms with Crippen molar-refractivity contribution in [3.63, 3.8) is 0 Å². The van der Waals surface area contributed by atoms with Crippen LogP contribution < -0.4 is 10.6 Å². The molecule has 1 aromatic carbocycles. The van der Waals surface area contributed by atoms with E-state index in [4.69, 9.17) is 9.52 Å². The smallest absolute Gasteiger partial charge is 0.305 e. The Labute approximate surface area is 165 Å². The highest BCUT2D eigenvalue weighted by Crippen LogP contribution is 2.15. The van der Waals surface area contributed by atoms with Crippen molar-refractivity contribution in [2.24, 2.45) is 0 Å². The molecule has 0 saturated heterocycles. The topological polar surface area (TPSA) is 109 Å². The Balaban J connectivity index is 2.19. The normalized spacial score (nSPS) is 11.1. The van der Waals surface area contributed by atoms with Crippen molar-refractivity contribution >= 4 is 55.7 Å². The van der Waals surface area contributed by atoms with E-state index in [1.165, 1.54) is 12.1 Å². The van der Waals surface area contributed by atoms with E-state index in [2.05, 4.69) is 42.5 Å². The van der Waals surface area contributed by atoms with Gasteiger partial charge in [0.05, 0.1) is 6.42 Å². The van der Waals surface area contributed by atoms with Gasteiger partial charge in [0, 0.05) is 11.0 Å². The van der Waals surface area contributed by atoms with Crippen LogP contribution in [0.2, 0.25) is 0 Å². The third-order valence-corrected chi connectivity index (χ3v) is 4.05. The fourth-order valence-corrected chi connectivity index (χ4v) is 2.45. The molecule has 0 bridgehead atoms. The largest absolute Gasteiger partial charge is 0.481 e. The van der Waals surface area contributed by atoms with Crippen LogP contribution in [-0.4, -0.2) is 29.4 Å². The van der Waals surface area contributed by atoms with E-state index >= 15 is 0 Å². The molecule has 7 nitrogen and oxygen atoms in total. The molecule has 26 heavy (non-hydrogen) atoms. The lowest BCUT2D eigenvalue weighted by atomic mass is 10.2. The van der Waals surface area contributed by atoms with Crippen molar-refractivity contribution in [2.45, 2.75) is 6.42 Å². The number of carbonyl (C=O) groups excluding carboxylic acids is 2. The highest BCUT2D eigenvalue weighted by Gasteiger charge is 2.17. The number of nitrogens with one attached hydrogen (secondary N) is 2. The number of halogens is 2. The summed E-state index contributed by atoms with van der Waals surface area (Å²) in [6, 6.07) is 10.1. The molecule has 0 unspecified atom stereocenters. The second-order valence-electron chi connectivity index (χ2n) is 5.07. The van der Waals surface area contributed by atoms with E-state index < -0.39 is 17.8 Å². The van der Waals surface area contributed by atoms with Crippen molar-refractivity contribution in [1.82, 2.24) is 10.6 Å². The molecule has 3 N–H and O–H groups in total. The number of aliphatic carboxylic acids is 1. The summed E-state index contributed by atoms with van der Waals surface area (Å²) in [5.41, 5.74) is 0.646. The lowest BCUT2D eigenvalue weighted by molar-refractivity contribution is -0.136. The molecule has 136 valence electrons. The summed E-state index contributed by atoms with van der Waals surface area (Å²) in [4.78, 5) is 35.2. The van der Waals surface area contributed by atoms with Gasteiger partial charge in [0.15, 0.2) is 10.4 Å². The number of rotatable bonds is 7. The van der Waals surface area contributed by atoms with Crippen LogP contribution >= 0.6 is 31.9 Å². The second kappa shape index (κ2) is 9.35. The Morgan fingerprint density at radius 2 is 1.77 bits per heavy atom. The zero-order valence-corrected chi connectivity index (χ0v) is 16.5.